The highest BCUT2D eigenvalue weighted by Crippen LogP contribution is 2.33. The van der Waals surface area contributed by atoms with Crippen LogP contribution in [0.4, 0.5) is 5.69 Å². The molecule has 0 radical (unpaired) electrons. The summed E-state index contributed by atoms with van der Waals surface area (Å²) in [5.74, 6) is 0.125. The minimum atomic E-state index is 0.125. The molecule has 1 aliphatic heterocycles. The molecule has 0 aliphatic carbocycles. The summed E-state index contributed by atoms with van der Waals surface area (Å²) in [5, 5.41) is 0. The third kappa shape index (κ3) is 3.39. The first kappa shape index (κ1) is 16.0. The number of hydrogen-bond acceptors (Lipinski definition) is 3. The van der Waals surface area contributed by atoms with Crippen molar-refractivity contribution in [3.05, 3.63) is 49.0 Å². The Labute approximate surface area is 151 Å². The minimum Gasteiger partial charge on any atom is -0.368 e. The number of nitrogens with zero attached hydrogens (tertiary/aromatic N) is 2. The van der Waals surface area contributed by atoms with E-state index in [1.165, 1.54) is 22.6 Å². The van der Waals surface area contributed by atoms with Gasteiger partial charge in [-0.2, -0.15) is 0 Å². The van der Waals surface area contributed by atoms with Crippen LogP contribution in [0.1, 0.15) is 15.2 Å². The summed E-state index contributed by atoms with van der Waals surface area (Å²) in [7, 11) is 0. The van der Waals surface area contributed by atoms with E-state index in [1.807, 2.05) is 11.0 Å². The summed E-state index contributed by atoms with van der Waals surface area (Å²) in [4.78, 5) is 17.6. The standard InChI is InChI=1S/C16H16Br2N2OS/c1-11-3-2-4-12(9-11)19-5-7-20(8-6-19)16(21)14-10-13(17)15(18)22-14/h2-4,9-10H,5-8H2,1H3. The number of halogens is 2. The van der Waals surface area contributed by atoms with Gasteiger partial charge in [-0.05, 0) is 62.5 Å². The van der Waals surface area contributed by atoms with Crippen LogP contribution in [0.25, 0.3) is 0 Å². The van der Waals surface area contributed by atoms with Crippen molar-refractivity contribution in [1.82, 2.24) is 4.90 Å². The highest BCUT2D eigenvalue weighted by atomic mass is 79.9. The van der Waals surface area contributed by atoms with Gasteiger partial charge in [0.1, 0.15) is 0 Å². The Hall–Kier alpha value is -0.850. The van der Waals surface area contributed by atoms with Gasteiger partial charge in [0.05, 0.1) is 8.66 Å². The smallest absolute Gasteiger partial charge is 0.264 e. The van der Waals surface area contributed by atoms with Crippen LogP contribution in [0.15, 0.2) is 38.6 Å². The Balaban J connectivity index is 1.65. The fraction of sp³-hybridized carbons (Fsp3) is 0.312. The fourth-order valence-corrected chi connectivity index (χ4v) is 4.60. The molecule has 2 aromatic rings. The largest absolute Gasteiger partial charge is 0.368 e. The van der Waals surface area contributed by atoms with Crippen LogP contribution in [-0.4, -0.2) is 37.0 Å². The van der Waals surface area contributed by atoms with Crippen LogP contribution in [-0.2, 0) is 0 Å². The summed E-state index contributed by atoms with van der Waals surface area (Å²) in [5.41, 5.74) is 2.51. The Morgan fingerprint density at radius 1 is 1.14 bits per heavy atom. The second-order valence-corrected chi connectivity index (χ2v) is 8.57. The van der Waals surface area contributed by atoms with E-state index in [4.69, 9.17) is 0 Å². The quantitative estimate of drug-likeness (QED) is 0.679. The number of benzene rings is 1. The third-order valence-corrected chi connectivity index (χ3v) is 7.03. The predicted molar refractivity (Wildman–Crippen MR) is 99.0 cm³/mol. The number of aryl methyl sites for hydroxylation is 1. The van der Waals surface area contributed by atoms with Crippen molar-refractivity contribution in [2.45, 2.75) is 6.92 Å². The molecule has 6 heteroatoms. The normalized spacial score (nSPS) is 15.2. The van der Waals surface area contributed by atoms with Crippen LogP contribution in [0.3, 0.4) is 0 Å². The number of piperazine rings is 1. The van der Waals surface area contributed by atoms with Gasteiger partial charge in [0, 0.05) is 36.3 Å². The summed E-state index contributed by atoms with van der Waals surface area (Å²) >= 11 is 8.37. The van der Waals surface area contributed by atoms with Crippen molar-refractivity contribution in [3.63, 3.8) is 0 Å². The fourth-order valence-electron chi connectivity index (χ4n) is 2.60. The second-order valence-electron chi connectivity index (χ2n) is 5.35. The topological polar surface area (TPSA) is 23.6 Å². The highest BCUT2D eigenvalue weighted by Gasteiger charge is 2.24. The highest BCUT2D eigenvalue weighted by molar-refractivity contribution is 9.13. The molecule has 0 bridgehead atoms. The zero-order valence-electron chi connectivity index (χ0n) is 12.2. The summed E-state index contributed by atoms with van der Waals surface area (Å²) in [6, 6.07) is 10.4. The molecular formula is C16H16Br2N2OS. The van der Waals surface area contributed by atoms with Gasteiger partial charge in [0.2, 0.25) is 0 Å². The van der Waals surface area contributed by atoms with Crippen molar-refractivity contribution in [1.29, 1.82) is 0 Å². The molecule has 0 saturated carbocycles. The zero-order chi connectivity index (χ0) is 15.7. The van der Waals surface area contributed by atoms with Crippen LogP contribution >= 0.6 is 43.2 Å². The first-order chi connectivity index (χ1) is 10.5. The maximum Gasteiger partial charge on any atom is 0.264 e. The average molecular weight is 444 g/mol. The molecule has 1 fully saturated rings. The first-order valence-electron chi connectivity index (χ1n) is 7.10. The van der Waals surface area contributed by atoms with Crippen molar-refractivity contribution < 1.29 is 4.79 Å². The minimum absolute atomic E-state index is 0.125. The number of carbonyl (C=O) groups is 1. The third-order valence-electron chi connectivity index (χ3n) is 3.79. The summed E-state index contributed by atoms with van der Waals surface area (Å²) in [6.07, 6.45) is 0. The van der Waals surface area contributed by atoms with Crippen molar-refractivity contribution in [2.75, 3.05) is 31.1 Å². The molecule has 3 rings (SSSR count). The maximum absolute atomic E-state index is 12.5. The molecule has 0 spiro atoms. The lowest BCUT2D eigenvalue weighted by atomic mass is 10.2. The van der Waals surface area contributed by atoms with Gasteiger partial charge >= 0.3 is 0 Å². The molecule has 0 atom stereocenters. The SMILES string of the molecule is Cc1cccc(N2CCN(C(=O)c3cc(Br)c(Br)s3)CC2)c1. The van der Waals surface area contributed by atoms with Gasteiger partial charge in [-0.25, -0.2) is 0 Å². The van der Waals surface area contributed by atoms with Crippen LogP contribution < -0.4 is 4.90 Å². The van der Waals surface area contributed by atoms with E-state index in [2.05, 4.69) is 67.9 Å². The summed E-state index contributed by atoms with van der Waals surface area (Å²) in [6.45, 7) is 5.39. The molecule has 1 aromatic heterocycles. The molecule has 1 saturated heterocycles. The van der Waals surface area contributed by atoms with Crippen LogP contribution in [0.5, 0.6) is 0 Å². The van der Waals surface area contributed by atoms with Gasteiger partial charge in [0.25, 0.3) is 5.91 Å². The first-order valence-corrected chi connectivity index (χ1v) is 9.50. The van der Waals surface area contributed by atoms with Gasteiger partial charge in [0.15, 0.2) is 0 Å². The number of amides is 1. The number of hydrogen-bond donors (Lipinski definition) is 0. The lowest BCUT2D eigenvalue weighted by Crippen LogP contribution is -2.48. The Bertz CT molecular complexity index is 674. The number of thiophene rings is 1. The Morgan fingerprint density at radius 3 is 2.45 bits per heavy atom. The molecule has 1 amide bonds. The Morgan fingerprint density at radius 2 is 1.86 bits per heavy atom. The molecular weight excluding hydrogens is 428 g/mol. The lowest BCUT2D eigenvalue weighted by molar-refractivity contribution is 0.0751. The molecule has 0 unspecified atom stereocenters. The number of anilines is 1. The van der Waals surface area contributed by atoms with Crippen molar-refractivity contribution >= 4 is 54.8 Å². The molecule has 3 nitrogen and oxygen atoms in total. The summed E-state index contributed by atoms with van der Waals surface area (Å²) < 4.78 is 1.91. The molecule has 22 heavy (non-hydrogen) atoms. The average Bonchev–Trinajstić information content (AvgIpc) is 2.86. The monoisotopic (exact) mass is 442 g/mol. The van der Waals surface area contributed by atoms with E-state index in [-0.39, 0.29) is 5.91 Å². The lowest BCUT2D eigenvalue weighted by Gasteiger charge is -2.36. The van der Waals surface area contributed by atoms with E-state index in [9.17, 15) is 4.79 Å². The van der Waals surface area contributed by atoms with Gasteiger partial charge in [-0.1, -0.05) is 12.1 Å². The van der Waals surface area contributed by atoms with E-state index < -0.39 is 0 Å². The maximum atomic E-state index is 12.5. The number of rotatable bonds is 2. The van der Waals surface area contributed by atoms with E-state index >= 15 is 0 Å². The predicted octanol–water partition coefficient (Wildman–Crippen LogP) is 4.54. The van der Waals surface area contributed by atoms with Crippen LogP contribution in [0.2, 0.25) is 0 Å². The molecule has 2 heterocycles. The zero-order valence-corrected chi connectivity index (χ0v) is 16.2. The molecule has 1 aromatic carbocycles. The molecule has 1 aliphatic rings. The van der Waals surface area contributed by atoms with Crippen molar-refractivity contribution in [2.24, 2.45) is 0 Å². The number of carbonyl (C=O) groups excluding carboxylic acids is 1. The van der Waals surface area contributed by atoms with Gasteiger partial charge in [-0.3, -0.25) is 4.79 Å². The van der Waals surface area contributed by atoms with Gasteiger partial charge < -0.3 is 9.80 Å². The molecule has 116 valence electrons. The van der Waals surface area contributed by atoms with Crippen molar-refractivity contribution in [3.8, 4) is 0 Å². The van der Waals surface area contributed by atoms with E-state index in [0.717, 1.165) is 39.3 Å². The molecule has 0 N–H and O–H groups in total. The second kappa shape index (κ2) is 6.72. The Kier molecular flexibility index (Phi) is 4.90. The van der Waals surface area contributed by atoms with E-state index in [0.29, 0.717) is 0 Å². The van der Waals surface area contributed by atoms with E-state index in [1.54, 1.807) is 0 Å². The van der Waals surface area contributed by atoms with Crippen LogP contribution in [0, 0.1) is 6.92 Å². The van der Waals surface area contributed by atoms with Gasteiger partial charge in [-0.15, -0.1) is 11.3 Å².